The highest BCUT2D eigenvalue weighted by Crippen LogP contribution is 2.20. The Hall–Kier alpha value is -2.98. The van der Waals surface area contributed by atoms with Crippen LogP contribution >= 0.6 is 11.6 Å². The lowest BCUT2D eigenvalue weighted by Gasteiger charge is -2.11. The number of hydrogen-bond donors (Lipinski definition) is 2. The van der Waals surface area contributed by atoms with Crippen LogP contribution in [0.15, 0.2) is 72.8 Å². The van der Waals surface area contributed by atoms with E-state index in [1.54, 1.807) is 0 Å². The molecule has 0 saturated heterocycles. The molecule has 3 aromatic rings. The molecule has 0 unspecified atom stereocenters. The number of carbonyl (C=O) groups excluding carboxylic acids is 1. The molecule has 0 saturated carbocycles. The fourth-order valence-corrected chi connectivity index (χ4v) is 3.05. The van der Waals surface area contributed by atoms with Crippen molar-refractivity contribution in [3.05, 3.63) is 88.9 Å². The van der Waals surface area contributed by atoms with Crippen molar-refractivity contribution < 1.29 is 9.53 Å². The predicted octanol–water partition coefficient (Wildman–Crippen LogP) is 5.71. The molecule has 4 nitrogen and oxygen atoms in total. The Labute approximate surface area is 176 Å². The molecule has 0 aliphatic carbocycles. The number of aryl methyl sites for hydroxylation is 2. The molecule has 0 aliphatic heterocycles. The Morgan fingerprint density at radius 3 is 2.59 bits per heavy atom. The highest BCUT2D eigenvalue weighted by molar-refractivity contribution is 6.31. The topological polar surface area (TPSA) is 50.4 Å². The van der Waals surface area contributed by atoms with Gasteiger partial charge in [-0.05, 0) is 55.2 Å². The van der Waals surface area contributed by atoms with Crippen LogP contribution in [0.4, 0.5) is 11.4 Å². The van der Waals surface area contributed by atoms with Crippen molar-refractivity contribution in [1.82, 2.24) is 0 Å². The van der Waals surface area contributed by atoms with E-state index in [0.717, 1.165) is 29.8 Å². The summed E-state index contributed by atoms with van der Waals surface area (Å²) in [6.45, 7) is 2.72. The average Bonchev–Trinajstić information content (AvgIpc) is 2.73. The Morgan fingerprint density at radius 2 is 1.79 bits per heavy atom. The van der Waals surface area contributed by atoms with Gasteiger partial charge in [0.25, 0.3) is 0 Å². The SMILES string of the molecule is Cc1ccc(NCC(=O)Nc2cccc(OCCCc3ccccc3)c2)cc1Cl. The monoisotopic (exact) mass is 408 g/mol. The van der Waals surface area contributed by atoms with E-state index in [9.17, 15) is 4.79 Å². The molecule has 3 rings (SSSR count). The molecule has 5 heteroatoms. The number of benzene rings is 3. The zero-order chi connectivity index (χ0) is 20.5. The normalized spacial score (nSPS) is 10.4. The average molecular weight is 409 g/mol. The summed E-state index contributed by atoms with van der Waals surface area (Å²) < 4.78 is 5.82. The number of rotatable bonds is 9. The Morgan fingerprint density at radius 1 is 0.966 bits per heavy atom. The molecule has 3 aromatic carbocycles. The van der Waals surface area contributed by atoms with Crippen LogP contribution < -0.4 is 15.4 Å². The van der Waals surface area contributed by atoms with Gasteiger partial charge in [-0.1, -0.05) is 54.1 Å². The minimum atomic E-state index is -0.136. The summed E-state index contributed by atoms with van der Waals surface area (Å²) in [5.41, 5.74) is 3.83. The molecule has 1 amide bonds. The zero-order valence-electron chi connectivity index (χ0n) is 16.5. The first-order valence-electron chi connectivity index (χ1n) is 9.67. The largest absolute Gasteiger partial charge is 0.494 e. The van der Waals surface area contributed by atoms with E-state index in [1.807, 2.05) is 67.6 Å². The molecule has 0 bridgehead atoms. The van der Waals surface area contributed by atoms with Gasteiger partial charge in [-0.3, -0.25) is 4.79 Å². The standard InChI is InChI=1S/C24H25ClN2O2/c1-18-12-13-20(16-23(18)25)26-17-24(28)27-21-10-5-11-22(15-21)29-14-6-9-19-7-3-2-4-8-19/h2-5,7-8,10-13,15-16,26H,6,9,14,17H2,1H3,(H,27,28). The van der Waals surface area contributed by atoms with Crippen LogP contribution in [0.1, 0.15) is 17.5 Å². The summed E-state index contributed by atoms with van der Waals surface area (Å²) in [7, 11) is 0. The Bertz CT molecular complexity index is 945. The summed E-state index contributed by atoms with van der Waals surface area (Å²) >= 11 is 6.11. The van der Waals surface area contributed by atoms with E-state index in [1.165, 1.54) is 5.56 Å². The highest BCUT2D eigenvalue weighted by Gasteiger charge is 2.05. The molecule has 0 fully saturated rings. The molecule has 0 heterocycles. The minimum absolute atomic E-state index is 0.136. The lowest BCUT2D eigenvalue weighted by molar-refractivity contribution is -0.114. The van der Waals surface area contributed by atoms with Gasteiger partial charge in [0.05, 0.1) is 13.2 Å². The third-order valence-corrected chi connectivity index (χ3v) is 4.87. The second-order valence-electron chi connectivity index (χ2n) is 6.83. The van der Waals surface area contributed by atoms with E-state index >= 15 is 0 Å². The first kappa shape index (κ1) is 20.7. The van der Waals surface area contributed by atoms with Crippen molar-refractivity contribution in [2.24, 2.45) is 0 Å². The van der Waals surface area contributed by atoms with Crippen LogP contribution in [0.3, 0.4) is 0 Å². The first-order chi connectivity index (χ1) is 14.1. The van der Waals surface area contributed by atoms with Crippen LogP contribution in [0.5, 0.6) is 5.75 Å². The molecular weight excluding hydrogens is 384 g/mol. The molecule has 0 atom stereocenters. The molecule has 29 heavy (non-hydrogen) atoms. The van der Waals surface area contributed by atoms with Crippen molar-refractivity contribution in [3.8, 4) is 5.75 Å². The molecule has 0 radical (unpaired) electrons. The zero-order valence-corrected chi connectivity index (χ0v) is 17.2. The summed E-state index contributed by atoms with van der Waals surface area (Å²) in [6, 6.07) is 23.4. The Kier molecular flexibility index (Phi) is 7.54. The van der Waals surface area contributed by atoms with Crippen molar-refractivity contribution in [2.75, 3.05) is 23.8 Å². The van der Waals surface area contributed by atoms with Gasteiger partial charge in [-0.2, -0.15) is 0 Å². The van der Waals surface area contributed by atoms with Crippen LogP contribution in [-0.4, -0.2) is 19.1 Å². The second kappa shape index (κ2) is 10.5. The maximum atomic E-state index is 12.2. The third-order valence-electron chi connectivity index (χ3n) is 4.46. The molecular formula is C24H25ClN2O2. The van der Waals surface area contributed by atoms with E-state index < -0.39 is 0 Å². The molecule has 0 aliphatic rings. The van der Waals surface area contributed by atoms with Gasteiger partial charge in [-0.25, -0.2) is 0 Å². The maximum Gasteiger partial charge on any atom is 0.243 e. The summed E-state index contributed by atoms with van der Waals surface area (Å²) in [6.07, 6.45) is 1.91. The lowest BCUT2D eigenvalue weighted by atomic mass is 10.1. The maximum absolute atomic E-state index is 12.2. The summed E-state index contributed by atoms with van der Waals surface area (Å²) in [5.74, 6) is 0.608. The van der Waals surface area contributed by atoms with Crippen molar-refractivity contribution in [3.63, 3.8) is 0 Å². The fourth-order valence-electron chi connectivity index (χ4n) is 2.86. The number of nitrogens with one attached hydrogen (secondary N) is 2. The van der Waals surface area contributed by atoms with Crippen LogP contribution in [0.2, 0.25) is 5.02 Å². The van der Waals surface area contributed by atoms with Crippen molar-refractivity contribution >= 4 is 28.9 Å². The number of halogens is 1. The van der Waals surface area contributed by atoms with Gasteiger partial charge in [0.1, 0.15) is 5.75 Å². The number of carbonyl (C=O) groups is 1. The number of hydrogen-bond acceptors (Lipinski definition) is 3. The van der Waals surface area contributed by atoms with Crippen LogP contribution in [0.25, 0.3) is 0 Å². The second-order valence-corrected chi connectivity index (χ2v) is 7.24. The fraction of sp³-hybridized carbons (Fsp3) is 0.208. The smallest absolute Gasteiger partial charge is 0.243 e. The summed E-state index contributed by atoms with van der Waals surface area (Å²) in [5, 5.41) is 6.63. The van der Waals surface area contributed by atoms with Gasteiger partial charge >= 0.3 is 0 Å². The first-order valence-corrected chi connectivity index (χ1v) is 10.0. The Balaban J connectivity index is 1.43. The third kappa shape index (κ3) is 6.84. The van der Waals surface area contributed by atoms with Crippen molar-refractivity contribution in [1.29, 1.82) is 0 Å². The van der Waals surface area contributed by atoms with E-state index in [2.05, 4.69) is 22.8 Å². The van der Waals surface area contributed by atoms with E-state index in [-0.39, 0.29) is 12.5 Å². The van der Waals surface area contributed by atoms with Gasteiger partial charge in [0.2, 0.25) is 5.91 Å². The number of amides is 1. The molecule has 0 spiro atoms. The molecule has 2 N–H and O–H groups in total. The van der Waals surface area contributed by atoms with Gasteiger partial charge in [-0.15, -0.1) is 0 Å². The van der Waals surface area contributed by atoms with Crippen LogP contribution in [-0.2, 0) is 11.2 Å². The molecule has 150 valence electrons. The molecule has 0 aromatic heterocycles. The highest BCUT2D eigenvalue weighted by atomic mass is 35.5. The van der Waals surface area contributed by atoms with Gasteiger partial charge in [0, 0.05) is 22.5 Å². The minimum Gasteiger partial charge on any atom is -0.494 e. The lowest BCUT2D eigenvalue weighted by Crippen LogP contribution is -2.21. The summed E-state index contributed by atoms with van der Waals surface area (Å²) in [4.78, 5) is 12.2. The van der Waals surface area contributed by atoms with Gasteiger partial charge < -0.3 is 15.4 Å². The van der Waals surface area contributed by atoms with Gasteiger partial charge in [0.15, 0.2) is 0 Å². The number of ether oxygens (including phenoxy) is 1. The quantitative estimate of drug-likeness (QED) is 0.446. The van der Waals surface area contributed by atoms with Crippen LogP contribution in [0, 0.1) is 6.92 Å². The van der Waals surface area contributed by atoms with E-state index in [4.69, 9.17) is 16.3 Å². The van der Waals surface area contributed by atoms with E-state index in [0.29, 0.717) is 17.3 Å². The van der Waals surface area contributed by atoms with Crippen molar-refractivity contribution in [2.45, 2.75) is 19.8 Å². The number of anilines is 2. The predicted molar refractivity (Wildman–Crippen MR) is 120 cm³/mol.